The van der Waals surface area contributed by atoms with Crippen LogP contribution in [0.4, 0.5) is 0 Å². The summed E-state index contributed by atoms with van der Waals surface area (Å²) in [4.78, 5) is 25.2. The number of aliphatic hydroxyl groups excluding tert-OH is 1. The second-order valence-corrected chi connectivity index (χ2v) is 9.19. The Balaban J connectivity index is 1.74. The van der Waals surface area contributed by atoms with Gasteiger partial charge in [-0.05, 0) is 30.4 Å². The summed E-state index contributed by atoms with van der Waals surface area (Å²) in [5.41, 5.74) is -2.07. The zero-order valence-corrected chi connectivity index (χ0v) is 16.4. The predicted octanol–water partition coefficient (Wildman–Crippen LogP) is 2.32. The summed E-state index contributed by atoms with van der Waals surface area (Å²) in [5, 5.41) is 21.8. The zero-order chi connectivity index (χ0) is 20.2. The number of fused-ring (bicyclic) bond motifs is 3. The molecule has 3 fully saturated rings. The van der Waals surface area contributed by atoms with Crippen molar-refractivity contribution in [3.05, 3.63) is 35.9 Å². The van der Waals surface area contributed by atoms with Crippen LogP contribution < -0.4 is 0 Å². The van der Waals surface area contributed by atoms with E-state index in [1.807, 2.05) is 19.9 Å². The third kappa shape index (κ3) is 2.61. The summed E-state index contributed by atoms with van der Waals surface area (Å²) in [6, 6.07) is 8.75. The van der Waals surface area contributed by atoms with Gasteiger partial charge in [-0.2, -0.15) is 0 Å². The van der Waals surface area contributed by atoms with Gasteiger partial charge in [0.15, 0.2) is 0 Å². The molecule has 0 aromatic heterocycles. The number of carbonyl (C=O) groups excluding carboxylic acids is 2. The Morgan fingerprint density at radius 3 is 2.64 bits per heavy atom. The average molecular weight is 388 g/mol. The predicted molar refractivity (Wildman–Crippen MR) is 100 cm³/mol. The van der Waals surface area contributed by atoms with Gasteiger partial charge in [0.2, 0.25) is 0 Å². The molecule has 0 unspecified atom stereocenters. The van der Waals surface area contributed by atoms with Gasteiger partial charge in [-0.1, -0.05) is 38.5 Å². The second-order valence-electron chi connectivity index (χ2n) is 9.19. The van der Waals surface area contributed by atoms with Gasteiger partial charge in [-0.25, -0.2) is 4.79 Å². The largest absolute Gasteiger partial charge is 0.462 e. The highest BCUT2D eigenvalue weighted by molar-refractivity contribution is 5.89. The molecule has 0 bridgehead atoms. The van der Waals surface area contributed by atoms with Crippen molar-refractivity contribution in [2.75, 3.05) is 13.2 Å². The summed E-state index contributed by atoms with van der Waals surface area (Å²) in [6.45, 7) is 3.84. The molecule has 0 amide bonds. The number of ether oxygens (including phenoxy) is 2. The molecular weight excluding hydrogens is 360 g/mol. The van der Waals surface area contributed by atoms with E-state index in [9.17, 15) is 19.8 Å². The lowest BCUT2D eigenvalue weighted by Gasteiger charge is -2.62. The molecule has 6 nitrogen and oxygen atoms in total. The Morgan fingerprint density at radius 1 is 1.25 bits per heavy atom. The summed E-state index contributed by atoms with van der Waals surface area (Å²) in [5.74, 6) is -1.87. The van der Waals surface area contributed by atoms with Crippen molar-refractivity contribution >= 4 is 11.9 Å². The molecule has 3 aliphatic rings. The van der Waals surface area contributed by atoms with Crippen molar-refractivity contribution < 1.29 is 29.3 Å². The molecule has 4 rings (SSSR count). The first kappa shape index (κ1) is 19.4. The molecule has 2 saturated carbocycles. The van der Waals surface area contributed by atoms with Crippen LogP contribution in [0.3, 0.4) is 0 Å². The van der Waals surface area contributed by atoms with E-state index < -0.39 is 40.4 Å². The second kappa shape index (κ2) is 6.56. The SMILES string of the molecule is C[C@]1(CO)CCC[C@]2(C)[C@@H]1[C@@H](OC(=O)c1ccccc1)C[C@H]1C(=O)OC[C@@]12O. The number of hydrogen-bond acceptors (Lipinski definition) is 6. The van der Waals surface area contributed by atoms with Crippen molar-refractivity contribution in [3.63, 3.8) is 0 Å². The Kier molecular flexibility index (Phi) is 4.55. The maximum absolute atomic E-state index is 12.8. The molecule has 1 aromatic rings. The number of aliphatic hydroxyl groups is 2. The Labute approximate surface area is 164 Å². The van der Waals surface area contributed by atoms with E-state index >= 15 is 0 Å². The molecule has 1 aromatic carbocycles. The van der Waals surface area contributed by atoms with E-state index in [4.69, 9.17) is 9.47 Å². The fourth-order valence-electron chi connectivity index (χ4n) is 6.16. The van der Waals surface area contributed by atoms with E-state index in [0.717, 1.165) is 12.8 Å². The number of rotatable bonds is 3. The Morgan fingerprint density at radius 2 is 1.96 bits per heavy atom. The van der Waals surface area contributed by atoms with Gasteiger partial charge in [0.1, 0.15) is 18.3 Å². The topological polar surface area (TPSA) is 93.1 Å². The Hall–Kier alpha value is -1.92. The molecule has 2 N–H and O–H groups in total. The quantitative estimate of drug-likeness (QED) is 0.772. The molecule has 152 valence electrons. The first-order valence-electron chi connectivity index (χ1n) is 10.0. The van der Waals surface area contributed by atoms with E-state index in [-0.39, 0.29) is 25.6 Å². The number of esters is 2. The number of cyclic esters (lactones) is 1. The molecule has 1 aliphatic heterocycles. The van der Waals surface area contributed by atoms with Crippen molar-refractivity contribution in [1.82, 2.24) is 0 Å². The fourth-order valence-corrected chi connectivity index (χ4v) is 6.16. The van der Waals surface area contributed by atoms with Gasteiger partial charge in [-0.3, -0.25) is 4.79 Å². The van der Waals surface area contributed by atoms with Crippen LogP contribution >= 0.6 is 0 Å². The third-order valence-electron chi connectivity index (χ3n) is 7.63. The summed E-state index contributed by atoms with van der Waals surface area (Å²) in [7, 11) is 0. The van der Waals surface area contributed by atoms with Crippen LogP contribution in [0.25, 0.3) is 0 Å². The normalized spacial score (nSPS) is 42.3. The monoisotopic (exact) mass is 388 g/mol. The van der Waals surface area contributed by atoms with Crippen LogP contribution in [0.5, 0.6) is 0 Å². The summed E-state index contributed by atoms with van der Waals surface area (Å²) >= 11 is 0. The lowest BCUT2D eigenvalue weighted by atomic mass is 9.44. The molecule has 28 heavy (non-hydrogen) atoms. The van der Waals surface area contributed by atoms with Gasteiger partial charge in [-0.15, -0.1) is 0 Å². The Bertz CT molecular complexity index is 778. The summed E-state index contributed by atoms with van der Waals surface area (Å²) in [6.07, 6.45) is 1.93. The molecule has 0 spiro atoms. The van der Waals surface area contributed by atoms with Crippen LogP contribution in [-0.2, 0) is 14.3 Å². The smallest absolute Gasteiger partial charge is 0.338 e. The minimum atomic E-state index is -1.30. The molecule has 6 heteroatoms. The van der Waals surface area contributed by atoms with E-state index in [1.165, 1.54) is 0 Å². The summed E-state index contributed by atoms with van der Waals surface area (Å²) < 4.78 is 11.2. The van der Waals surface area contributed by atoms with Gasteiger partial charge < -0.3 is 19.7 Å². The first-order valence-corrected chi connectivity index (χ1v) is 10.0. The van der Waals surface area contributed by atoms with E-state index in [1.54, 1.807) is 24.3 Å². The number of benzene rings is 1. The fraction of sp³-hybridized carbons (Fsp3) is 0.636. The van der Waals surface area contributed by atoms with Crippen molar-refractivity contribution in [2.24, 2.45) is 22.7 Å². The van der Waals surface area contributed by atoms with Crippen LogP contribution in [-0.4, -0.2) is 47.1 Å². The molecule has 6 atom stereocenters. The highest BCUT2D eigenvalue weighted by atomic mass is 16.6. The van der Waals surface area contributed by atoms with Crippen LogP contribution in [0.2, 0.25) is 0 Å². The van der Waals surface area contributed by atoms with Gasteiger partial charge in [0.25, 0.3) is 0 Å². The van der Waals surface area contributed by atoms with Gasteiger partial charge in [0, 0.05) is 24.4 Å². The molecule has 1 saturated heterocycles. The lowest BCUT2D eigenvalue weighted by Crippen LogP contribution is -2.68. The molecular formula is C22H28O6. The first-order chi connectivity index (χ1) is 13.2. The zero-order valence-electron chi connectivity index (χ0n) is 16.4. The van der Waals surface area contributed by atoms with Crippen LogP contribution in [0.1, 0.15) is 49.9 Å². The molecule has 1 heterocycles. The molecule has 2 aliphatic carbocycles. The van der Waals surface area contributed by atoms with Crippen molar-refractivity contribution in [3.8, 4) is 0 Å². The third-order valence-corrected chi connectivity index (χ3v) is 7.63. The highest BCUT2D eigenvalue weighted by Crippen LogP contribution is 2.64. The minimum absolute atomic E-state index is 0.0373. The number of hydrogen-bond donors (Lipinski definition) is 2. The standard InChI is InChI=1S/C22H28O6/c1-20(12-23)9-6-10-21(2)17(20)16(11-15-19(25)27-13-22(15,21)26)28-18(24)14-7-4-3-5-8-14/h3-5,7-8,15-17,23,26H,6,9-13H2,1-2H3/t15-,16-,17+,20+,21+,22+/m0/s1. The average Bonchev–Trinajstić information content (AvgIpc) is 2.98. The maximum Gasteiger partial charge on any atom is 0.338 e. The van der Waals surface area contributed by atoms with Crippen molar-refractivity contribution in [1.29, 1.82) is 0 Å². The lowest BCUT2D eigenvalue weighted by molar-refractivity contribution is -0.238. The highest BCUT2D eigenvalue weighted by Gasteiger charge is 2.71. The number of carbonyl (C=O) groups is 2. The van der Waals surface area contributed by atoms with Crippen molar-refractivity contribution in [2.45, 2.75) is 51.2 Å². The van der Waals surface area contributed by atoms with E-state index in [2.05, 4.69) is 0 Å². The van der Waals surface area contributed by atoms with E-state index in [0.29, 0.717) is 12.0 Å². The van der Waals surface area contributed by atoms with Gasteiger partial charge in [0.05, 0.1) is 11.5 Å². The van der Waals surface area contributed by atoms with Crippen LogP contribution in [0.15, 0.2) is 30.3 Å². The molecule has 0 radical (unpaired) electrons. The van der Waals surface area contributed by atoms with Gasteiger partial charge >= 0.3 is 11.9 Å². The van der Waals surface area contributed by atoms with Crippen LogP contribution in [0, 0.1) is 22.7 Å². The minimum Gasteiger partial charge on any atom is -0.462 e. The maximum atomic E-state index is 12.8.